The molecule has 0 aliphatic carbocycles. The highest BCUT2D eigenvalue weighted by Gasteiger charge is 2.26. The number of carboxylic acid groups (broad SMARTS) is 1. The first-order valence-corrected chi connectivity index (χ1v) is 13.4. The zero-order valence-electron chi connectivity index (χ0n) is 19.9. The van der Waals surface area contributed by atoms with E-state index in [-0.39, 0.29) is 29.9 Å². The van der Waals surface area contributed by atoms with Crippen LogP contribution >= 0.6 is 11.6 Å². The fourth-order valence-corrected chi connectivity index (χ4v) is 5.04. The number of aliphatic hydroxyl groups excluding tert-OH is 1. The van der Waals surface area contributed by atoms with Gasteiger partial charge in [-0.2, -0.15) is 4.72 Å². The first kappa shape index (κ1) is 27.8. The smallest absolute Gasteiger partial charge is 0.324 e. The molecular weight excluding hydrogens is 506 g/mol. The molecule has 0 aliphatic rings. The Morgan fingerprint density at radius 1 is 1.14 bits per heavy atom. The molecule has 36 heavy (non-hydrogen) atoms. The van der Waals surface area contributed by atoms with Gasteiger partial charge in [0.15, 0.2) is 5.15 Å². The SMILES string of the molecule is CCCCc1nc(Cl)c(CO)n1Cc1ccc(S(=O)(=O)NC(COCc2ccccc2)C(=O)O)cc1. The van der Waals surface area contributed by atoms with Gasteiger partial charge in [0.1, 0.15) is 11.9 Å². The number of aryl methyl sites for hydroxylation is 1. The van der Waals surface area contributed by atoms with Crippen molar-refractivity contribution in [1.82, 2.24) is 14.3 Å². The number of ether oxygens (including phenoxy) is 1. The molecule has 0 saturated carbocycles. The molecule has 3 rings (SSSR count). The van der Waals surface area contributed by atoms with Crippen molar-refractivity contribution in [3.8, 4) is 0 Å². The van der Waals surface area contributed by atoms with Gasteiger partial charge in [0.05, 0.1) is 30.4 Å². The van der Waals surface area contributed by atoms with Crippen LogP contribution < -0.4 is 4.72 Å². The summed E-state index contributed by atoms with van der Waals surface area (Å²) in [7, 11) is -4.11. The van der Waals surface area contributed by atoms with Crippen molar-refractivity contribution in [2.45, 2.75) is 56.9 Å². The Hall–Kier alpha value is -2.76. The van der Waals surface area contributed by atoms with Gasteiger partial charge in [-0.05, 0) is 29.7 Å². The second kappa shape index (κ2) is 13.0. The van der Waals surface area contributed by atoms with Crippen LogP contribution in [0.3, 0.4) is 0 Å². The average molecular weight is 536 g/mol. The molecule has 1 unspecified atom stereocenters. The summed E-state index contributed by atoms with van der Waals surface area (Å²) in [6, 6.07) is 13.8. The lowest BCUT2D eigenvalue weighted by molar-refractivity contribution is -0.140. The van der Waals surface area contributed by atoms with Crippen LogP contribution in [-0.2, 0) is 45.7 Å². The third-order valence-corrected chi connectivity index (χ3v) is 7.36. The summed E-state index contributed by atoms with van der Waals surface area (Å²) in [5.41, 5.74) is 2.12. The minimum atomic E-state index is -4.11. The Labute approximate surface area is 215 Å². The summed E-state index contributed by atoms with van der Waals surface area (Å²) in [6.45, 7) is 1.99. The third-order valence-electron chi connectivity index (χ3n) is 5.57. The van der Waals surface area contributed by atoms with E-state index in [1.807, 2.05) is 34.9 Å². The van der Waals surface area contributed by atoms with E-state index in [0.29, 0.717) is 18.7 Å². The van der Waals surface area contributed by atoms with Crippen LogP contribution in [0.25, 0.3) is 0 Å². The number of benzene rings is 2. The van der Waals surface area contributed by atoms with E-state index in [0.717, 1.165) is 29.8 Å². The highest BCUT2D eigenvalue weighted by molar-refractivity contribution is 7.89. The predicted molar refractivity (Wildman–Crippen MR) is 135 cm³/mol. The summed E-state index contributed by atoms with van der Waals surface area (Å²) in [5, 5.41) is 19.5. The molecule has 0 saturated heterocycles. The van der Waals surface area contributed by atoms with Crippen LogP contribution in [0.2, 0.25) is 5.15 Å². The van der Waals surface area contributed by atoms with Crippen molar-refractivity contribution >= 4 is 27.6 Å². The number of hydrogen-bond donors (Lipinski definition) is 3. The number of halogens is 1. The topological polar surface area (TPSA) is 131 Å². The van der Waals surface area contributed by atoms with Crippen molar-refractivity contribution in [3.05, 3.63) is 82.4 Å². The lowest BCUT2D eigenvalue weighted by Crippen LogP contribution is -2.43. The van der Waals surface area contributed by atoms with Crippen molar-refractivity contribution < 1.29 is 28.2 Å². The monoisotopic (exact) mass is 535 g/mol. The molecule has 1 heterocycles. The van der Waals surface area contributed by atoms with Crippen LogP contribution in [0.15, 0.2) is 59.5 Å². The number of nitrogens with one attached hydrogen (secondary N) is 1. The Bertz CT molecular complexity index is 1250. The van der Waals surface area contributed by atoms with Gasteiger partial charge < -0.3 is 19.5 Å². The molecule has 194 valence electrons. The lowest BCUT2D eigenvalue weighted by atomic mass is 10.2. The Morgan fingerprint density at radius 2 is 1.83 bits per heavy atom. The van der Waals surface area contributed by atoms with E-state index in [1.54, 1.807) is 12.1 Å². The van der Waals surface area contributed by atoms with E-state index in [1.165, 1.54) is 12.1 Å². The lowest BCUT2D eigenvalue weighted by Gasteiger charge is -2.16. The molecule has 0 spiro atoms. The molecule has 0 bridgehead atoms. The number of imidazole rings is 1. The first-order chi connectivity index (χ1) is 17.2. The van der Waals surface area contributed by atoms with Gasteiger partial charge in [-0.3, -0.25) is 4.79 Å². The number of nitrogens with zero attached hydrogens (tertiary/aromatic N) is 2. The highest BCUT2D eigenvalue weighted by Crippen LogP contribution is 2.21. The van der Waals surface area contributed by atoms with Gasteiger partial charge in [-0.25, -0.2) is 13.4 Å². The highest BCUT2D eigenvalue weighted by atomic mass is 35.5. The standard InChI is InChI=1S/C25H30ClN3O6S/c1-2-3-9-23-27-24(26)22(15-30)29(23)14-18-10-12-20(13-11-18)36(33,34)28-21(25(31)32)17-35-16-19-7-5-4-6-8-19/h4-8,10-13,21,28,30H,2-3,9,14-17H2,1H3,(H,31,32). The molecule has 1 aromatic heterocycles. The molecule has 0 fully saturated rings. The van der Waals surface area contributed by atoms with Crippen molar-refractivity contribution in [2.75, 3.05) is 6.61 Å². The summed E-state index contributed by atoms with van der Waals surface area (Å²) in [4.78, 5) is 15.9. The fourth-order valence-electron chi connectivity index (χ4n) is 3.60. The molecule has 11 heteroatoms. The number of unbranched alkanes of at least 4 members (excludes halogenated alkanes) is 1. The van der Waals surface area contributed by atoms with Crippen molar-refractivity contribution in [3.63, 3.8) is 0 Å². The minimum Gasteiger partial charge on any atom is -0.480 e. The molecular formula is C25H30ClN3O6S. The number of aliphatic carboxylic acids is 1. The third kappa shape index (κ3) is 7.37. The second-order valence-electron chi connectivity index (χ2n) is 8.27. The van der Waals surface area contributed by atoms with E-state index in [9.17, 15) is 23.4 Å². The number of carbonyl (C=O) groups is 1. The van der Waals surface area contributed by atoms with Gasteiger partial charge in [-0.15, -0.1) is 0 Å². The molecule has 3 N–H and O–H groups in total. The molecule has 2 aromatic carbocycles. The number of aliphatic hydroxyl groups is 1. The zero-order chi connectivity index (χ0) is 26.1. The van der Waals surface area contributed by atoms with E-state index in [4.69, 9.17) is 16.3 Å². The minimum absolute atomic E-state index is 0.0715. The quantitative estimate of drug-likeness (QED) is 0.288. The maximum Gasteiger partial charge on any atom is 0.324 e. The van der Waals surface area contributed by atoms with Crippen LogP contribution in [0.4, 0.5) is 0 Å². The maximum atomic E-state index is 12.8. The molecule has 0 aliphatic heterocycles. The Morgan fingerprint density at radius 3 is 2.44 bits per heavy atom. The summed E-state index contributed by atoms with van der Waals surface area (Å²) < 4.78 is 35.1. The number of sulfonamides is 1. The van der Waals surface area contributed by atoms with Crippen LogP contribution in [-0.4, -0.2) is 46.8 Å². The fraction of sp³-hybridized carbons (Fsp3) is 0.360. The van der Waals surface area contributed by atoms with E-state index >= 15 is 0 Å². The van der Waals surface area contributed by atoms with Gasteiger partial charge >= 0.3 is 5.97 Å². The van der Waals surface area contributed by atoms with Gasteiger partial charge in [0, 0.05) is 13.0 Å². The van der Waals surface area contributed by atoms with Crippen molar-refractivity contribution in [1.29, 1.82) is 0 Å². The molecule has 3 aromatic rings. The van der Waals surface area contributed by atoms with Crippen LogP contribution in [0.1, 0.15) is 42.4 Å². The normalized spacial score (nSPS) is 12.5. The largest absolute Gasteiger partial charge is 0.480 e. The zero-order valence-corrected chi connectivity index (χ0v) is 21.5. The second-order valence-corrected chi connectivity index (χ2v) is 10.3. The number of hydrogen-bond acceptors (Lipinski definition) is 6. The van der Waals surface area contributed by atoms with E-state index in [2.05, 4.69) is 16.6 Å². The molecule has 1 atom stereocenters. The maximum absolute atomic E-state index is 12.8. The first-order valence-electron chi connectivity index (χ1n) is 11.6. The van der Waals surface area contributed by atoms with Gasteiger partial charge in [0.25, 0.3) is 0 Å². The number of rotatable bonds is 14. The predicted octanol–water partition coefficient (Wildman–Crippen LogP) is 3.37. The van der Waals surface area contributed by atoms with Crippen molar-refractivity contribution in [2.24, 2.45) is 0 Å². The number of aromatic nitrogens is 2. The number of carboxylic acids is 1. The average Bonchev–Trinajstić information content (AvgIpc) is 3.16. The summed E-state index contributed by atoms with van der Waals surface area (Å²) in [5.74, 6) is -0.583. The molecule has 0 amide bonds. The van der Waals surface area contributed by atoms with Gasteiger partial charge in [0.2, 0.25) is 10.0 Å². The van der Waals surface area contributed by atoms with Crippen LogP contribution in [0, 0.1) is 0 Å². The Kier molecular flexibility index (Phi) is 10.0. The molecule has 0 radical (unpaired) electrons. The molecule has 9 nitrogen and oxygen atoms in total. The summed E-state index contributed by atoms with van der Waals surface area (Å²) >= 11 is 6.19. The Balaban J connectivity index is 1.69. The summed E-state index contributed by atoms with van der Waals surface area (Å²) in [6.07, 6.45) is 2.60. The van der Waals surface area contributed by atoms with E-state index < -0.39 is 22.0 Å². The van der Waals surface area contributed by atoms with Crippen LogP contribution in [0.5, 0.6) is 0 Å². The van der Waals surface area contributed by atoms with Gasteiger partial charge in [-0.1, -0.05) is 67.4 Å².